The van der Waals surface area contributed by atoms with Gasteiger partial charge in [-0.3, -0.25) is 14.6 Å². The van der Waals surface area contributed by atoms with Crippen LogP contribution >= 0.6 is 0 Å². The molecule has 0 aliphatic carbocycles. The molecule has 16 heavy (non-hydrogen) atoms. The van der Waals surface area contributed by atoms with E-state index in [0.717, 1.165) is 0 Å². The van der Waals surface area contributed by atoms with Gasteiger partial charge in [-0.1, -0.05) is 0 Å². The maximum Gasteiger partial charge on any atom is 0.307 e. The summed E-state index contributed by atoms with van der Waals surface area (Å²) < 4.78 is 10.1. The Balaban J connectivity index is 2.44. The lowest BCUT2D eigenvalue weighted by Crippen LogP contribution is -2.18. The average molecular weight is 227 g/mol. The van der Waals surface area contributed by atoms with Gasteiger partial charge in [0.05, 0.1) is 19.4 Å². The Hall–Kier alpha value is -1.39. The molecule has 0 fully saturated rings. The maximum atomic E-state index is 11.3. The second-order valence-electron chi connectivity index (χ2n) is 3.69. The number of carbonyl (C=O) groups is 2. The summed E-state index contributed by atoms with van der Waals surface area (Å²) in [5.74, 6) is -0.487. The van der Waals surface area contributed by atoms with Crippen molar-refractivity contribution in [1.29, 1.82) is 0 Å². The Bertz CT molecular complexity index is 275. The van der Waals surface area contributed by atoms with Gasteiger partial charge < -0.3 is 9.47 Å². The van der Waals surface area contributed by atoms with Gasteiger partial charge >= 0.3 is 11.9 Å². The van der Waals surface area contributed by atoms with E-state index in [1.54, 1.807) is 13.1 Å². The highest BCUT2D eigenvalue weighted by Crippen LogP contribution is 2.02. The van der Waals surface area contributed by atoms with Crippen molar-refractivity contribution < 1.29 is 19.1 Å². The van der Waals surface area contributed by atoms with Crippen molar-refractivity contribution in [3.05, 3.63) is 0 Å². The summed E-state index contributed by atoms with van der Waals surface area (Å²) in [5.41, 5.74) is 0. The lowest BCUT2D eigenvalue weighted by molar-refractivity contribution is -0.150. The highest BCUT2D eigenvalue weighted by atomic mass is 16.6. The third-order valence-electron chi connectivity index (χ3n) is 2.17. The molecule has 5 heteroatoms. The zero-order valence-electron chi connectivity index (χ0n) is 9.48. The van der Waals surface area contributed by atoms with Crippen LogP contribution in [0.3, 0.4) is 0 Å². The molecule has 0 amide bonds. The first-order valence-electron chi connectivity index (χ1n) is 5.52. The van der Waals surface area contributed by atoms with Gasteiger partial charge in [0.15, 0.2) is 0 Å². The minimum absolute atomic E-state index is 0.218. The Morgan fingerprint density at radius 2 is 2.12 bits per heavy atom. The molecule has 90 valence electrons. The average Bonchev–Trinajstić information content (AvgIpc) is 2.23. The minimum atomic E-state index is -0.254. The van der Waals surface area contributed by atoms with E-state index >= 15 is 0 Å². The third kappa shape index (κ3) is 5.48. The topological polar surface area (TPSA) is 65.0 Å². The van der Waals surface area contributed by atoms with Gasteiger partial charge in [0.1, 0.15) is 6.10 Å². The second kappa shape index (κ2) is 6.98. The summed E-state index contributed by atoms with van der Waals surface area (Å²) in [5, 5.41) is 0. The first-order valence-corrected chi connectivity index (χ1v) is 5.52. The fourth-order valence-corrected chi connectivity index (χ4v) is 1.27. The van der Waals surface area contributed by atoms with Gasteiger partial charge in [0.2, 0.25) is 0 Å². The number of hydrogen-bond donors (Lipinski definition) is 0. The maximum absolute atomic E-state index is 11.3. The van der Waals surface area contributed by atoms with Gasteiger partial charge in [-0.25, -0.2) is 0 Å². The van der Waals surface area contributed by atoms with Crippen LogP contribution in [0.15, 0.2) is 4.99 Å². The molecule has 0 N–H and O–H groups in total. The van der Waals surface area contributed by atoms with Gasteiger partial charge in [-0.05, 0) is 19.6 Å². The van der Waals surface area contributed by atoms with E-state index in [4.69, 9.17) is 9.47 Å². The number of rotatable bonds is 0. The monoisotopic (exact) mass is 227 g/mol. The smallest absolute Gasteiger partial charge is 0.307 e. The molecular formula is C11H17NO4. The molecule has 1 atom stereocenters. The normalized spacial score (nSPS) is 24.7. The summed E-state index contributed by atoms with van der Waals surface area (Å²) in [4.78, 5) is 26.4. The Morgan fingerprint density at radius 3 is 2.94 bits per heavy atom. The van der Waals surface area contributed by atoms with E-state index < -0.39 is 0 Å². The molecule has 0 saturated carbocycles. The van der Waals surface area contributed by atoms with Crippen LogP contribution in [0.2, 0.25) is 0 Å². The van der Waals surface area contributed by atoms with Crippen molar-refractivity contribution in [2.75, 3.05) is 13.2 Å². The van der Waals surface area contributed by atoms with E-state index in [2.05, 4.69) is 4.99 Å². The third-order valence-corrected chi connectivity index (χ3v) is 2.17. The van der Waals surface area contributed by atoms with Crippen LogP contribution in [0, 0.1) is 0 Å². The van der Waals surface area contributed by atoms with Crippen LogP contribution in [0.5, 0.6) is 0 Å². The van der Waals surface area contributed by atoms with Crippen LogP contribution in [-0.2, 0) is 19.1 Å². The largest absolute Gasteiger partial charge is 0.466 e. The molecule has 1 aliphatic rings. The van der Waals surface area contributed by atoms with Gasteiger partial charge in [-0.15, -0.1) is 0 Å². The summed E-state index contributed by atoms with van der Waals surface area (Å²) in [6.07, 6.45) is 3.16. The number of hydrogen-bond acceptors (Lipinski definition) is 5. The van der Waals surface area contributed by atoms with Gasteiger partial charge in [-0.2, -0.15) is 0 Å². The summed E-state index contributed by atoms with van der Waals surface area (Å²) in [6.45, 7) is 2.50. The molecule has 0 aromatic rings. The standard InChI is InChI=1S/C11H17NO4/c1-9-5-8-15-10(13)3-2-6-12-7-4-11(14)16-9/h6,9H,2-5,7-8H2,1H3. The van der Waals surface area contributed by atoms with Crippen molar-refractivity contribution in [2.45, 2.75) is 38.7 Å². The number of ether oxygens (including phenoxy) is 2. The van der Waals surface area contributed by atoms with Crippen LogP contribution in [-0.4, -0.2) is 37.4 Å². The molecule has 0 aromatic carbocycles. The molecule has 0 spiro atoms. The van der Waals surface area contributed by atoms with Crippen molar-refractivity contribution in [3.63, 3.8) is 0 Å². The quantitative estimate of drug-likeness (QED) is 0.581. The molecule has 1 unspecified atom stereocenters. The molecule has 0 saturated heterocycles. The molecule has 0 radical (unpaired) electrons. The molecule has 0 bridgehead atoms. The highest BCUT2D eigenvalue weighted by Gasteiger charge is 2.11. The van der Waals surface area contributed by atoms with Gasteiger partial charge in [0.25, 0.3) is 0 Å². The lowest BCUT2D eigenvalue weighted by Gasteiger charge is -2.12. The fraction of sp³-hybridized carbons (Fsp3) is 0.727. The van der Waals surface area contributed by atoms with Gasteiger partial charge in [0, 0.05) is 13.0 Å². The molecule has 0 aromatic heterocycles. The van der Waals surface area contributed by atoms with Crippen LogP contribution < -0.4 is 0 Å². The predicted molar refractivity (Wildman–Crippen MR) is 58.3 cm³/mol. The highest BCUT2D eigenvalue weighted by molar-refractivity contribution is 5.74. The number of carbonyl (C=O) groups excluding carboxylic acids is 2. The number of cyclic esters (lactones) is 2. The number of nitrogens with zero attached hydrogens (tertiary/aromatic N) is 1. The van der Waals surface area contributed by atoms with E-state index in [9.17, 15) is 9.59 Å². The van der Waals surface area contributed by atoms with Crippen molar-refractivity contribution >= 4 is 18.2 Å². The summed E-state index contributed by atoms with van der Waals surface area (Å²) in [6, 6.07) is 0. The lowest BCUT2D eigenvalue weighted by atomic mass is 10.3. The van der Waals surface area contributed by atoms with Crippen molar-refractivity contribution in [2.24, 2.45) is 4.99 Å². The second-order valence-corrected chi connectivity index (χ2v) is 3.69. The van der Waals surface area contributed by atoms with Crippen molar-refractivity contribution in [1.82, 2.24) is 0 Å². The minimum Gasteiger partial charge on any atom is -0.466 e. The molecule has 5 nitrogen and oxygen atoms in total. The summed E-state index contributed by atoms with van der Waals surface area (Å²) >= 11 is 0. The first kappa shape index (κ1) is 12.7. The Labute approximate surface area is 94.8 Å². The SMILES string of the molecule is CC1CCOC(=O)CCC=NCCC(=O)O1. The Kier molecular flexibility index (Phi) is 5.53. The molecule has 1 rings (SSSR count). The molecule has 1 aliphatic heterocycles. The Morgan fingerprint density at radius 1 is 1.31 bits per heavy atom. The first-order chi connectivity index (χ1) is 7.68. The van der Waals surface area contributed by atoms with E-state index in [-0.39, 0.29) is 24.5 Å². The zero-order chi connectivity index (χ0) is 11.8. The fourth-order valence-electron chi connectivity index (χ4n) is 1.27. The van der Waals surface area contributed by atoms with E-state index in [1.807, 2.05) is 0 Å². The van der Waals surface area contributed by atoms with Crippen LogP contribution in [0.1, 0.15) is 32.6 Å². The number of aliphatic imine (C=N–C) groups is 1. The van der Waals surface area contributed by atoms with E-state index in [1.165, 1.54) is 0 Å². The van der Waals surface area contributed by atoms with E-state index in [0.29, 0.717) is 32.4 Å². The van der Waals surface area contributed by atoms with Crippen LogP contribution in [0.4, 0.5) is 0 Å². The molecule has 1 heterocycles. The predicted octanol–water partition coefficient (Wildman–Crippen LogP) is 1.11. The number of esters is 2. The van der Waals surface area contributed by atoms with Crippen LogP contribution in [0.25, 0.3) is 0 Å². The molecular weight excluding hydrogens is 210 g/mol. The van der Waals surface area contributed by atoms with Crippen molar-refractivity contribution in [3.8, 4) is 0 Å². The summed E-state index contributed by atoms with van der Waals surface area (Å²) in [7, 11) is 0. The zero-order valence-corrected chi connectivity index (χ0v) is 9.48.